The minimum absolute atomic E-state index is 0.137. The minimum Gasteiger partial charge on any atom is -0.340 e. The Bertz CT molecular complexity index is 600. The topological polar surface area (TPSA) is 49.4 Å². The van der Waals surface area contributed by atoms with Gasteiger partial charge in [0.25, 0.3) is 5.91 Å². The van der Waals surface area contributed by atoms with Gasteiger partial charge in [-0.3, -0.25) is 14.5 Å². The lowest BCUT2D eigenvalue weighted by Crippen LogP contribution is -2.70. The molecule has 1 saturated heterocycles. The summed E-state index contributed by atoms with van der Waals surface area (Å²) in [5.74, 6) is -0.519. The van der Waals surface area contributed by atoms with Gasteiger partial charge in [0, 0.05) is 5.69 Å². The van der Waals surface area contributed by atoms with E-state index >= 15 is 0 Å². The molecule has 1 aliphatic heterocycles. The van der Waals surface area contributed by atoms with Crippen LogP contribution >= 0.6 is 0 Å². The van der Waals surface area contributed by atoms with E-state index in [1.54, 1.807) is 19.1 Å². The fourth-order valence-corrected chi connectivity index (χ4v) is 3.13. The number of carbonyl (C=O) groups is 2. The number of piperazine rings is 1. The molecule has 1 saturated carbocycles. The van der Waals surface area contributed by atoms with Gasteiger partial charge < -0.3 is 5.32 Å². The highest BCUT2D eigenvalue weighted by Crippen LogP contribution is 2.43. The molecular weight excluding hydrogens is 271 g/mol. The number of anilines is 1. The molecule has 4 nitrogen and oxygen atoms in total. The van der Waals surface area contributed by atoms with Crippen molar-refractivity contribution in [1.82, 2.24) is 5.32 Å². The third kappa shape index (κ3) is 2.20. The van der Waals surface area contributed by atoms with Gasteiger partial charge in [-0.2, -0.15) is 0 Å². The van der Waals surface area contributed by atoms with Gasteiger partial charge in [-0.15, -0.1) is 0 Å². The van der Waals surface area contributed by atoms with E-state index in [0.29, 0.717) is 12.1 Å². The van der Waals surface area contributed by atoms with Gasteiger partial charge in [0.05, 0.1) is 0 Å². The van der Waals surface area contributed by atoms with Crippen LogP contribution in [-0.2, 0) is 9.59 Å². The van der Waals surface area contributed by atoms with Crippen molar-refractivity contribution in [3.8, 4) is 0 Å². The smallest absolute Gasteiger partial charge is 0.253 e. The molecule has 2 fully saturated rings. The molecule has 0 aromatic heterocycles. The van der Waals surface area contributed by atoms with Gasteiger partial charge in [-0.05, 0) is 50.3 Å². The molecule has 2 atom stereocenters. The van der Waals surface area contributed by atoms with Crippen LogP contribution in [0.1, 0.15) is 33.1 Å². The molecule has 1 aromatic carbocycles. The standard InChI is InChI=1S/C16H19FN2O2/c1-3-13-14(20)18-16(2,10-7-8-10)15(21)19(13)12-6-4-5-11(17)9-12/h4-6,9-10,13H,3,7-8H2,1-2H3,(H,18,20). The first kappa shape index (κ1) is 14.0. The van der Waals surface area contributed by atoms with E-state index in [2.05, 4.69) is 5.32 Å². The predicted molar refractivity (Wildman–Crippen MR) is 77.2 cm³/mol. The van der Waals surface area contributed by atoms with Gasteiger partial charge in [-0.25, -0.2) is 4.39 Å². The first-order valence-corrected chi connectivity index (χ1v) is 7.38. The molecule has 1 heterocycles. The highest BCUT2D eigenvalue weighted by atomic mass is 19.1. The van der Waals surface area contributed by atoms with Crippen molar-refractivity contribution >= 4 is 17.5 Å². The van der Waals surface area contributed by atoms with Crippen molar-refractivity contribution in [3.63, 3.8) is 0 Å². The van der Waals surface area contributed by atoms with Gasteiger partial charge in [0.15, 0.2) is 0 Å². The van der Waals surface area contributed by atoms with Crippen LogP contribution in [0.3, 0.4) is 0 Å². The Morgan fingerprint density at radius 1 is 1.38 bits per heavy atom. The average Bonchev–Trinajstić information content (AvgIpc) is 3.27. The average molecular weight is 290 g/mol. The van der Waals surface area contributed by atoms with Crippen LogP contribution in [0, 0.1) is 11.7 Å². The second-order valence-electron chi connectivity index (χ2n) is 6.04. The summed E-state index contributed by atoms with van der Waals surface area (Å²) < 4.78 is 13.5. The Morgan fingerprint density at radius 3 is 2.67 bits per heavy atom. The predicted octanol–water partition coefficient (Wildman–Crippen LogP) is 2.24. The van der Waals surface area contributed by atoms with Crippen LogP contribution in [0.5, 0.6) is 0 Å². The van der Waals surface area contributed by atoms with Gasteiger partial charge in [-0.1, -0.05) is 13.0 Å². The highest BCUT2D eigenvalue weighted by molar-refractivity contribution is 6.11. The van der Waals surface area contributed by atoms with Crippen LogP contribution in [0.4, 0.5) is 10.1 Å². The molecule has 2 unspecified atom stereocenters. The molecule has 2 aliphatic rings. The number of hydrogen-bond donors (Lipinski definition) is 1. The number of halogens is 1. The van der Waals surface area contributed by atoms with Crippen LogP contribution < -0.4 is 10.2 Å². The Hall–Kier alpha value is -1.91. The molecule has 112 valence electrons. The fourth-order valence-electron chi connectivity index (χ4n) is 3.13. The molecule has 1 N–H and O–H groups in total. The van der Waals surface area contributed by atoms with Gasteiger partial charge in [0.1, 0.15) is 17.4 Å². The first-order valence-electron chi connectivity index (χ1n) is 7.38. The van der Waals surface area contributed by atoms with Crippen LogP contribution in [0.25, 0.3) is 0 Å². The summed E-state index contributed by atoms with van der Waals surface area (Å²) in [6, 6.07) is 5.30. The van der Waals surface area contributed by atoms with Crippen molar-refractivity contribution in [1.29, 1.82) is 0 Å². The highest BCUT2D eigenvalue weighted by Gasteiger charge is 2.55. The maximum atomic E-state index is 13.5. The zero-order valence-corrected chi connectivity index (χ0v) is 12.2. The minimum atomic E-state index is -0.866. The summed E-state index contributed by atoms with van der Waals surface area (Å²) >= 11 is 0. The second-order valence-corrected chi connectivity index (χ2v) is 6.04. The van der Waals surface area contributed by atoms with E-state index in [1.807, 2.05) is 6.92 Å². The van der Waals surface area contributed by atoms with E-state index in [-0.39, 0.29) is 17.7 Å². The van der Waals surface area contributed by atoms with Crippen molar-refractivity contribution in [2.45, 2.75) is 44.7 Å². The summed E-state index contributed by atoms with van der Waals surface area (Å²) in [5.41, 5.74) is -0.414. The molecular formula is C16H19FN2O2. The van der Waals surface area contributed by atoms with Gasteiger partial charge in [0.2, 0.25) is 5.91 Å². The summed E-state index contributed by atoms with van der Waals surface area (Å²) in [6.45, 7) is 3.63. The quantitative estimate of drug-likeness (QED) is 0.928. The van der Waals surface area contributed by atoms with E-state index < -0.39 is 17.4 Å². The maximum Gasteiger partial charge on any atom is 0.253 e. The van der Waals surface area contributed by atoms with Crippen molar-refractivity contribution in [3.05, 3.63) is 30.1 Å². The van der Waals surface area contributed by atoms with Crippen LogP contribution in [0.15, 0.2) is 24.3 Å². The molecule has 3 rings (SSSR count). The van der Waals surface area contributed by atoms with E-state index in [9.17, 15) is 14.0 Å². The molecule has 5 heteroatoms. The molecule has 1 aliphatic carbocycles. The lowest BCUT2D eigenvalue weighted by atomic mass is 9.88. The lowest BCUT2D eigenvalue weighted by Gasteiger charge is -2.44. The molecule has 0 spiro atoms. The number of rotatable bonds is 3. The monoisotopic (exact) mass is 290 g/mol. The lowest BCUT2D eigenvalue weighted by molar-refractivity contribution is -0.138. The van der Waals surface area contributed by atoms with E-state index in [4.69, 9.17) is 0 Å². The summed E-state index contributed by atoms with van der Waals surface area (Å²) in [5, 5.41) is 2.90. The molecule has 0 bridgehead atoms. The molecule has 2 amide bonds. The number of nitrogens with zero attached hydrogens (tertiary/aromatic N) is 1. The summed E-state index contributed by atoms with van der Waals surface area (Å²) in [6.07, 6.45) is 2.38. The van der Waals surface area contributed by atoms with Crippen molar-refractivity contribution in [2.75, 3.05) is 4.90 Å². The molecule has 0 radical (unpaired) electrons. The normalized spacial score (nSPS) is 29.5. The fraction of sp³-hybridized carbons (Fsp3) is 0.500. The summed E-state index contributed by atoms with van der Waals surface area (Å²) in [7, 11) is 0. The van der Waals surface area contributed by atoms with Crippen LogP contribution in [0.2, 0.25) is 0 Å². The van der Waals surface area contributed by atoms with E-state index in [1.165, 1.54) is 17.0 Å². The Morgan fingerprint density at radius 2 is 2.10 bits per heavy atom. The maximum absolute atomic E-state index is 13.5. The Kier molecular flexibility index (Phi) is 3.23. The number of carbonyl (C=O) groups excluding carboxylic acids is 2. The van der Waals surface area contributed by atoms with Crippen LogP contribution in [-0.4, -0.2) is 23.4 Å². The van der Waals surface area contributed by atoms with E-state index in [0.717, 1.165) is 12.8 Å². The first-order chi connectivity index (χ1) is 9.97. The third-order valence-electron chi connectivity index (χ3n) is 4.53. The second kappa shape index (κ2) is 4.83. The Labute approximate surface area is 123 Å². The zero-order valence-electron chi connectivity index (χ0n) is 12.2. The largest absolute Gasteiger partial charge is 0.340 e. The van der Waals surface area contributed by atoms with Crippen molar-refractivity contribution < 1.29 is 14.0 Å². The summed E-state index contributed by atoms with van der Waals surface area (Å²) in [4.78, 5) is 26.8. The molecule has 21 heavy (non-hydrogen) atoms. The number of hydrogen-bond acceptors (Lipinski definition) is 2. The SMILES string of the molecule is CCC1C(=O)NC(C)(C2CC2)C(=O)N1c1cccc(F)c1. The zero-order chi connectivity index (χ0) is 15.2. The number of amides is 2. The number of nitrogens with one attached hydrogen (secondary N) is 1. The Balaban J connectivity index is 2.04. The number of benzene rings is 1. The third-order valence-corrected chi connectivity index (χ3v) is 4.53. The molecule has 1 aromatic rings. The van der Waals surface area contributed by atoms with Gasteiger partial charge >= 0.3 is 0 Å². The van der Waals surface area contributed by atoms with Crippen molar-refractivity contribution in [2.24, 2.45) is 5.92 Å².